The van der Waals surface area contributed by atoms with E-state index in [-0.39, 0.29) is 0 Å². The molecule has 1 fully saturated rings. The summed E-state index contributed by atoms with van der Waals surface area (Å²) in [5, 5.41) is 7.23. The van der Waals surface area contributed by atoms with Gasteiger partial charge in [-0.25, -0.2) is 0 Å². The van der Waals surface area contributed by atoms with Crippen molar-refractivity contribution in [2.24, 2.45) is 11.8 Å². The van der Waals surface area contributed by atoms with Crippen LogP contribution in [0.4, 0.5) is 0 Å². The molecule has 2 N–H and O–H groups in total. The van der Waals surface area contributed by atoms with Crippen LogP contribution in [0.15, 0.2) is 0 Å². The van der Waals surface area contributed by atoms with Crippen LogP contribution in [-0.2, 0) is 0 Å². The largest absolute Gasteiger partial charge is 0.316 e. The first-order valence-electron chi connectivity index (χ1n) is 7.70. The summed E-state index contributed by atoms with van der Waals surface area (Å²) < 4.78 is 0. The lowest BCUT2D eigenvalue weighted by Gasteiger charge is -2.28. The Kier molecular flexibility index (Phi) is 7.87. The van der Waals surface area contributed by atoms with Gasteiger partial charge in [0.2, 0.25) is 0 Å². The van der Waals surface area contributed by atoms with Crippen molar-refractivity contribution in [1.82, 2.24) is 10.6 Å². The molecule has 2 nitrogen and oxygen atoms in total. The quantitative estimate of drug-likeness (QED) is 0.681. The molecule has 17 heavy (non-hydrogen) atoms. The van der Waals surface area contributed by atoms with E-state index in [0.29, 0.717) is 0 Å². The molecule has 3 unspecified atom stereocenters. The lowest BCUT2D eigenvalue weighted by atomic mass is 9.93. The molecule has 102 valence electrons. The SMILES string of the molecule is CCCCC(CC)CNCC1CCNC(C)C1. The molecule has 0 radical (unpaired) electrons. The van der Waals surface area contributed by atoms with Crippen LogP contribution in [0.25, 0.3) is 0 Å². The zero-order valence-corrected chi connectivity index (χ0v) is 12.1. The molecule has 0 spiro atoms. The smallest absolute Gasteiger partial charge is 0.00418 e. The highest BCUT2D eigenvalue weighted by atomic mass is 14.9. The molecule has 1 heterocycles. The highest BCUT2D eigenvalue weighted by molar-refractivity contribution is 4.76. The fourth-order valence-electron chi connectivity index (χ4n) is 2.86. The second kappa shape index (κ2) is 8.93. The summed E-state index contributed by atoms with van der Waals surface area (Å²) in [6.07, 6.45) is 8.16. The van der Waals surface area contributed by atoms with Crippen molar-refractivity contribution in [3.8, 4) is 0 Å². The van der Waals surface area contributed by atoms with Crippen LogP contribution in [0.2, 0.25) is 0 Å². The minimum Gasteiger partial charge on any atom is -0.316 e. The first kappa shape index (κ1) is 15.0. The van der Waals surface area contributed by atoms with E-state index in [2.05, 4.69) is 31.4 Å². The molecule has 2 heteroatoms. The van der Waals surface area contributed by atoms with Crippen LogP contribution in [0, 0.1) is 11.8 Å². The summed E-state index contributed by atoms with van der Waals surface area (Å²) in [4.78, 5) is 0. The molecular weight excluding hydrogens is 208 g/mol. The van der Waals surface area contributed by atoms with Crippen LogP contribution in [0.1, 0.15) is 59.3 Å². The molecule has 1 aliphatic heterocycles. The maximum atomic E-state index is 3.71. The fraction of sp³-hybridized carbons (Fsp3) is 1.00. The molecule has 1 saturated heterocycles. The molecule has 0 amide bonds. The number of hydrogen-bond acceptors (Lipinski definition) is 2. The van der Waals surface area contributed by atoms with Gasteiger partial charge in [0.1, 0.15) is 0 Å². The second-order valence-corrected chi connectivity index (χ2v) is 5.82. The second-order valence-electron chi connectivity index (χ2n) is 5.82. The summed E-state index contributed by atoms with van der Waals surface area (Å²) in [7, 11) is 0. The summed E-state index contributed by atoms with van der Waals surface area (Å²) in [5.74, 6) is 1.80. The van der Waals surface area contributed by atoms with E-state index in [9.17, 15) is 0 Å². The van der Waals surface area contributed by atoms with Gasteiger partial charge in [-0.2, -0.15) is 0 Å². The zero-order chi connectivity index (χ0) is 12.5. The van der Waals surface area contributed by atoms with Gasteiger partial charge in [-0.1, -0.05) is 33.1 Å². The average Bonchev–Trinajstić information content (AvgIpc) is 2.33. The van der Waals surface area contributed by atoms with Gasteiger partial charge in [0.25, 0.3) is 0 Å². The first-order valence-corrected chi connectivity index (χ1v) is 7.70. The summed E-state index contributed by atoms with van der Waals surface area (Å²) >= 11 is 0. The molecule has 0 aromatic heterocycles. The zero-order valence-electron chi connectivity index (χ0n) is 12.1. The Morgan fingerprint density at radius 1 is 1.35 bits per heavy atom. The van der Waals surface area contributed by atoms with Gasteiger partial charge < -0.3 is 10.6 Å². The predicted octanol–water partition coefficient (Wildman–Crippen LogP) is 3.18. The Labute approximate surface area is 108 Å². The van der Waals surface area contributed by atoms with Gasteiger partial charge in [0, 0.05) is 6.04 Å². The Hall–Kier alpha value is -0.0800. The number of hydrogen-bond donors (Lipinski definition) is 2. The van der Waals surface area contributed by atoms with Crippen LogP contribution in [0.5, 0.6) is 0 Å². The van der Waals surface area contributed by atoms with Crippen molar-refractivity contribution >= 4 is 0 Å². The predicted molar refractivity (Wildman–Crippen MR) is 76.4 cm³/mol. The van der Waals surface area contributed by atoms with E-state index >= 15 is 0 Å². The van der Waals surface area contributed by atoms with E-state index in [1.807, 2.05) is 0 Å². The number of nitrogens with one attached hydrogen (secondary N) is 2. The van der Waals surface area contributed by atoms with Crippen LogP contribution < -0.4 is 10.6 Å². The molecule has 0 aliphatic carbocycles. The summed E-state index contributed by atoms with van der Waals surface area (Å²) in [6.45, 7) is 10.6. The lowest BCUT2D eigenvalue weighted by Crippen LogP contribution is -2.40. The molecule has 3 atom stereocenters. The van der Waals surface area contributed by atoms with Crippen LogP contribution >= 0.6 is 0 Å². The maximum absolute atomic E-state index is 3.71. The van der Waals surface area contributed by atoms with Crippen molar-refractivity contribution in [2.75, 3.05) is 19.6 Å². The van der Waals surface area contributed by atoms with Crippen molar-refractivity contribution in [3.05, 3.63) is 0 Å². The number of rotatable bonds is 8. The molecule has 0 bridgehead atoms. The Morgan fingerprint density at radius 3 is 2.82 bits per heavy atom. The molecule has 0 aromatic carbocycles. The standard InChI is InChI=1S/C15H32N2/c1-4-6-7-14(5-2)11-16-12-15-8-9-17-13(3)10-15/h13-17H,4-12H2,1-3H3. The Balaban J connectivity index is 2.08. The normalized spacial score (nSPS) is 27.0. The third-order valence-corrected chi connectivity index (χ3v) is 4.14. The van der Waals surface area contributed by atoms with E-state index in [0.717, 1.165) is 17.9 Å². The van der Waals surface area contributed by atoms with Crippen molar-refractivity contribution in [1.29, 1.82) is 0 Å². The molecular formula is C15H32N2. The first-order chi connectivity index (χ1) is 8.26. The van der Waals surface area contributed by atoms with E-state index in [1.165, 1.54) is 58.2 Å². The van der Waals surface area contributed by atoms with Crippen molar-refractivity contribution in [2.45, 2.75) is 65.3 Å². The number of piperidine rings is 1. The van der Waals surface area contributed by atoms with Gasteiger partial charge in [0.15, 0.2) is 0 Å². The number of unbranched alkanes of at least 4 members (excludes halogenated alkanes) is 1. The average molecular weight is 240 g/mol. The van der Waals surface area contributed by atoms with Gasteiger partial charge >= 0.3 is 0 Å². The van der Waals surface area contributed by atoms with Crippen LogP contribution in [-0.4, -0.2) is 25.7 Å². The van der Waals surface area contributed by atoms with E-state index < -0.39 is 0 Å². The fourth-order valence-corrected chi connectivity index (χ4v) is 2.86. The molecule has 1 rings (SSSR count). The van der Waals surface area contributed by atoms with Gasteiger partial charge in [-0.3, -0.25) is 0 Å². The van der Waals surface area contributed by atoms with Crippen molar-refractivity contribution < 1.29 is 0 Å². The lowest BCUT2D eigenvalue weighted by molar-refractivity contribution is 0.295. The molecule has 0 aromatic rings. The van der Waals surface area contributed by atoms with Gasteiger partial charge in [-0.15, -0.1) is 0 Å². The maximum Gasteiger partial charge on any atom is 0.00418 e. The van der Waals surface area contributed by atoms with E-state index in [1.54, 1.807) is 0 Å². The Morgan fingerprint density at radius 2 is 2.18 bits per heavy atom. The monoisotopic (exact) mass is 240 g/mol. The third-order valence-electron chi connectivity index (χ3n) is 4.14. The summed E-state index contributed by atoms with van der Waals surface area (Å²) in [6, 6.07) is 0.720. The molecule has 0 saturated carbocycles. The van der Waals surface area contributed by atoms with Gasteiger partial charge in [0.05, 0.1) is 0 Å². The van der Waals surface area contributed by atoms with Crippen LogP contribution in [0.3, 0.4) is 0 Å². The van der Waals surface area contributed by atoms with E-state index in [4.69, 9.17) is 0 Å². The Bertz CT molecular complexity index is 182. The minimum absolute atomic E-state index is 0.720. The molecule has 1 aliphatic rings. The highest BCUT2D eigenvalue weighted by Crippen LogP contribution is 2.16. The summed E-state index contributed by atoms with van der Waals surface area (Å²) in [5.41, 5.74) is 0. The highest BCUT2D eigenvalue weighted by Gasteiger charge is 2.17. The minimum atomic E-state index is 0.720. The van der Waals surface area contributed by atoms with Crippen molar-refractivity contribution in [3.63, 3.8) is 0 Å². The topological polar surface area (TPSA) is 24.1 Å². The third kappa shape index (κ3) is 6.42. The van der Waals surface area contributed by atoms with Gasteiger partial charge in [-0.05, 0) is 57.7 Å².